The van der Waals surface area contributed by atoms with Crippen molar-refractivity contribution in [1.29, 1.82) is 0 Å². The molecule has 2 heterocycles. The minimum Gasteiger partial charge on any atom is -0.408 e. The second-order valence-electron chi connectivity index (χ2n) is 1.57. The van der Waals surface area contributed by atoms with Gasteiger partial charge in [-0.1, -0.05) is 6.07 Å². The van der Waals surface area contributed by atoms with Crippen molar-refractivity contribution in [1.82, 2.24) is 4.98 Å². The third-order valence-electron chi connectivity index (χ3n) is 1.000. The van der Waals surface area contributed by atoms with Crippen LogP contribution in [0.5, 0.6) is 0 Å². The molecule has 0 saturated heterocycles. The smallest absolute Gasteiger partial charge is 0.408 e. The van der Waals surface area contributed by atoms with Crippen molar-refractivity contribution in [3.8, 4) is 0 Å². The summed E-state index contributed by atoms with van der Waals surface area (Å²) in [5, 5.41) is 2.03. The molecule has 1 nitrogen and oxygen atoms in total. The number of aromatic nitrogens is 1. The molecule has 0 spiro atoms. The van der Waals surface area contributed by atoms with Gasteiger partial charge in [0.2, 0.25) is 0 Å². The van der Waals surface area contributed by atoms with E-state index in [9.17, 15) is 0 Å². The fourth-order valence-electron chi connectivity index (χ4n) is 0.649. The zero-order chi connectivity index (χ0) is 6.27. The summed E-state index contributed by atoms with van der Waals surface area (Å²) in [5.74, 6) is 0. The van der Waals surface area contributed by atoms with E-state index in [-0.39, 0.29) is 29.6 Å². The summed E-state index contributed by atoms with van der Waals surface area (Å²) in [6, 6.07) is 2.05. The topological polar surface area (TPSA) is 12.9 Å². The average Bonchev–Trinajstić information content (AvgIpc) is 2.22. The van der Waals surface area contributed by atoms with E-state index >= 15 is 0 Å². The number of thiazole rings is 1. The molecule has 0 amide bonds. The summed E-state index contributed by atoms with van der Waals surface area (Å²) >= 11 is 8.09. The molecule has 2 rings (SSSR count). The number of nitrogens with zero attached hydrogens (tertiary/aromatic N) is 1. The quantitative estimate of drug-likeness (QED) is 0.406. The Morgan fingerprint density at radius 3 is 3.00 bits per heavy atom. The van der Waals surface area contributed by atoms with Crippen LogP contribution in [0.4, 0.5) is 0 Å². The molecule has 0 aliphatic carbocycles. The van der Waals surface area contributed by atoms with E-state index in [1.54, 1.807) is 22.7 Å². The molecule has 5 heteroatoms. The van der Waals surface area contributed by atoms with Gasteiger partial charge in [-0.2, -0.15) is 0 Å². The largest absolute Gasteiger partial charge is 1.00 e. The van der Waals surface area contributed by atoms with E-state index in [4.69, 9.17) is 12.6 Å². The first-order valence-corrected chi connectivity index (χ1v) is 4.48. The van der Waals surface area contributed by atoms with Gasteiger partial charge < -0.3 is 24.0 Å². The maximum atomic E-state index is 4.88. The van der Waals surface area contributed by atoms with Crippen molar-refractivity contribution in [2.75, 3.05) is 0 Å². The van der Waals surface area contributed by atoms with Crippen LogP contribution in [0, 0.1) is 0 Å². The minimum atomic E-state index is 0. The van der Waals surface area contributed by atoms with Gasteiger partial charge in [-0.3, -0.25) is 4.98 Å². The van der Waals surface area contributed by atoms with E-state index < -0.39 is 0 Å². The molecule has 2 aromatic rings. The number of hydrogen-bond donors (Lipinski definition) is 0. The van der Waals surface area contributed by atoms with Gasteiger partial charge in [0.15, 0.2) is 0 Å². The molecular formula is C5H2NNaS3. The molecule has 0 fully saturated rings. The Morgan fingerprint density at radius 1 is 1.50 bits per heavy atom. The summed E-state index contributed by atoms with van der Waals surface area (Å²) in [6.07, 6.45) is 0. The summed E-state index contributed by atoms with van der Waals surface area (Å²) in [6.45, 7) is 0. The van der Waals surface area contributed by atoms with Crippen molar-refractivity contribution in [3.63, 3.8) is 0 Å². The summed E-state index contributed by atoms with van der Waals surface area (Å²) in [5.41, 5.74) is 0. The molecule has 0 aliphatic heterocycles. The third-order valence-corrected chi connectivity index (χ3v) is 3.09. The van der Waals surface area contributed by atoms with Gasteiger partial charge in [0.25, 0.3) is 0 Å². The predicted molar refractivity (Wildman–Crippen MR) is 43.1 cm³/mol. The van der Waals surface area contributed by atoms with Gasteiger partial charge in [-0.05, 0) is 14.4 Å². The van der Waals surface area contributed by atoms with Crippen LogP contribution >= 0.6 is 22.7 Å². The zero-order valence-corrected chi connectivity index (χ0v) is 9.78. The SMILES string of the molecule is [Na+].[S-]c1nc2sccc2s1. The number of thiophene rings is 1. The van der Waals surface area contributed by atoms with Crippen LogP contribution < -0.4 is 29.6 Å². The average molecular weight is 195 g/mol. The molecule has 0 bridgehead atoms. The fraction of sp³-hybridized carbons (Fsp3) is 0. The van der Waals surface area contributed by atoms with Gasteiger partial charge in [0, 0.05) is 0 Å². The van der Waals surface area contributed by atoms with Gasteiger partial charge in [-0.15, -0.1) is 11.3 Å². The summed E-state index contributed by atoms with van der Waals surface area (Å²) < 4.78 is 1.96. The van der Waals surface area contributed by atoms with E-state index in [0.29, 0.717) is 0 Å². The van der Waals surface area contributed by atoms with Gasteiger partial charge in [0.1, 0.15) is 4.83 Å². The van der Waals surface area contributed by atoms with E-state index in [2.05, 4.69) is 4.98 Å². The summed E-state index contributed by atoms with van der Waals surface area (Å²) in [4.78, 5) is 5.20. The van der Waals surface area contributed by atoms with E-state index in [1.807, 2.05) is 11.4 Å². The molecule has 2 aromatic heterocycles. The third kappa shape index (κ3) is 1.52. The Balaban J connectivity index is 0.000000500. The molecule has 0 radical (unpaired) electrons. The maximum Gasteiger partial charge on any atom is 1.00 e. The van der Waals surface area contributed by atoms with Crippen molar-refractivity contribution < 1.29 is 29.6 Å². The number of hydrogen-bond acceptors (Lipinski definition) is 4. The van der Waals surface area contributed by atoms with Crippen LogP contribution in [0.25, 0.3) is 9.53 Å². The van der Waals surface area contributed by atoms with E-state index in [0.717, 1.165) is 9.17 Å². The van der Waals surface area contributed by atoms with Crippen molar-refractivity contribution in [2.24, 2.45) is 0 Å². The van der Waals surface area contributed by atoms with Gasteiger partial charge >= 0.3 is 29.6 Å². The maximum absolute atomic E-state index is 4.88. The first kappa shape index (κ1) is 8.90. The monoisotopic (exact) mass is 195 g/mol. The Bertz CT molecular complexity index is 298. The molecule has 0 aliphatic rings. The molecule has 0 atom stereocenters. The molecular weight excluding hydrogens is 193 g/mol. The summed E-state index contributed by atoms with van der Waals surface area (Å²) in [7, 11) is 0. The normalized spacial score (nSPS) is 9.60. The Kier molecular flexibility index (Phi) is 3.09. The predicted octanol–water partition coefficient (Wildman–Crippen LogP) is -0.732. The Morgan fingerprint density at radius 2 is 2.30 bits per heavy atom. The fourth-order valence-corrected chi connectivity index (χ4v) is 2.74. The standard InChI is InChI=1S/C5H3NS3.Na/c7-5-6-4-3(9-5)1-2-8-4;/h1-2H,(H,6,7);/q;+1/p-1. The molecule has 0 N–H and O–H groups in total. The van der Waals surface area contributed by atoms with Crippen molar-refractivity contribution in [2.45, 2.75) is 4.34 Å². The first-order chi connectivity index (χ1) is 4.36. The second kappa shape index (κ2) is 3.47. The molecule has 0 saturated carbocycles. The van der Waals surface area contributed by atoms with Crippen molar-refractivity contribution in [3.05, 3.63) is 11.4 Å². The van der Waals surface area contributed by atoms with Crippen LogP contribution in [-0.4, -0.2) is 4.98 Å². The number of fused-ring (bicyclic) bond motifs is 1. The van der Waals surface area contributed by atoms with Crippen LogP contribution in [0.2, 0.25) is 0 Å². The minimum absolute atomic E-state index is 0. The first-order valence-electron chi connectivity index (χ1n) is 2.37. The second-order valence-corrected chi connectivity index (χ2v) is 4.14. The molecule has 46 valence electrons. The van der Waals surface area contributed by atoms with Crippen LogP contribution in [0.3, 0.4) is 0 Å². The van der Waals surface area contributed by atoms with Crippen LogP contribution in [0.1, 0.15) is 0 Å². The Labute approximate surface area is 94.2 Å². The van der Waals surface area contributed by atoms with E-state index in [1.165, 1.54) is 4.70 Å². The number of rotatable bonds is 0. The molecule has 10 heavy (non-hydrogen) atoms. The van der Waals surface area contributed by atoms with Crippen molar-refractivity contribution >= 4 is 44.8 Å². The van der Waals surface area contributed by atoms with Crippen LogP contribution in [-0.2, 0) is 12.6 Å². The molecule has 0 unspecified atom stereocenters. The molecule has 0 aromatic carbocycles. The van der Waals surface area contributed by atoms with Crippen LogP contribution in [0.15, 0.2) is 15.8 Å². The zero-order valence-electron chi connectivity index (χ0n) is 5.33. The van der Waals surface area contributed by atoms with Gasteiger partial charge in [0.05, 0.1) is 0 Å². The Hall–Kier alpha value is 0.810. The van der Waals surface area contributed by atoms with Gasteiger partial charge in [-0.25, -0.2) is 0 Å².